The maximum absolute atomic E-state index is 12.3. The third-order valence-corrected chi connectivity index (χ3v) is 4.22. The zero-order chi connectivity index (χ0) is 21.3. The number of aromatic amines is 1. The normalized spacial score (nSPS) is 11.1. The number of benzene rings is 2. The summed E-state index contributed by atoms with van der Waals surface area (Å²) in [6.07, 6.45) is 0.923. The standard InChI is InChI=1S/C19H16N4O6/c1-10-3-5-15(11(2)7-10)22-18(26)13(17(25)21-19(22)27)9-20-14-8-12(23(28)29)4-6-16(14)24/h3-9,24,26H,1-2H3,(H,21,25,27). The predicted octanol–water partition coefficient (Wildman–Crippen LogP) is 2.21. The van der Waals surface area contributed by atoms with Crippen LogP contribution in [0.3, 0.4) is 0 Å². The average Bonchev–Trinajstić information content (AvgIpc) is 2.64. The van der Waals surface area contributed by atoms with Gasteiger partial charge in [-0.05, 0) is 31.5 Å². The predicted molar refractivity (Wildman–Crippen MR) is 106 cm³/mol. The number of nitrogens with one attached hydrogen (secondary N) is 1. The van der Waals surface area contributed by atoms with Crippen molar-refractivity contribution < 1.29 is 15.1 Å². The molecule has 10 heteroatoms. The number of phenols is 1. The van der Waals surface area contributed by atoms with Gasteiger partial charge in [0.2, 0.25) is 5.88 Å². The van der Waals surface area contributed by atoms with E-state index < -0.39 is 22.1 Å². The Labute approximate surface area is 163 Å². The lowest BCUT2D eigenvalue weighted by Crippen LogP contribution is -2.31. The Morgan fingerprint density at radius 3 is 2.52 bits per heavy atom. The number of aromatic hydroxyl groups is 2. The van der Waals surface area contributed by atoms with E-state index in [0.29, 0.717) is 11.3 Å². The molecule has 3 N–H and O–H groups in total. The molecule has 1 aromatic heterocycles. The summed E-state index contributed by atoms with van der Waals surface area (Å²) >= 11 is 0. The van der Waals surface area contributed by atoms with Crippen molar-refractivity contribution in [2.75, 3.05) is 0 Å². The number of aliphatic imine (C=N–C) groups is 1. The van der Waals surface area contributed by atoms with Crippen molar-refractivity contribution >= 4 is 17.6 Å². The van der Waals surface area contributed by atoms with Crippen molar-refractivity contribution in [3.8, 4) is 17.3 Å². The second kappa shape index (κ2) is 7.43. The molecule has 2 aromatic carbocycles. The number of phenolic OH excluding ortho intramolecular Hbond substituents is 1. The zero-order valence-electron chi connectivity index (χ0n) is 15.4. The van der Waals surface area contributed by atoms with Gasteiger partial charge in [-0.25, -0.2) is 9.36 Å². The van der Waals surface area contributed by atoms with E-state index in [1.165, 1.54) is 0 Å². The molecule has 0 fully saturated rings. The maximum Gasteiger partial charge on any atom is 0.335 e. The summed E-state index contributed by atoms with van der Waals surface area (Å²) in [5.41, 5.74) is -0.579. The third kappa shape index (κ3) is 3.76. The molecule has 0 saturated carbocycles. The smallest absolute Gasteiger partial charge is 0.335 e. The Balaban J connectivity index is 2.16. The fourth-order valence-corrected chi connectivity index (χ4v) is 2.80. The molecule has 0 amide bonds. The topological polar surface area (TPSA) is 151 Å². The van der Waals surface area contributed by atoms with E-state index in [0.717, 1.165) is 34.5 Å². The van der Waals surface area contributed by atoms with Gasteiger partial charge in [0.25, 0.3) is 11.2 Å². The quantitative estimate of drug-likeness (QED) is 0.349. The molecule has 3 rings (SSSR count). The molecule has 0 saturated heterocycles. The van der Waals surface area contributed by atoms with E-state index in [2.05, 4.69) is 9.98 Å². The molecule has 0 aliphatic rings. The highest BCUT2D eigenvalue weighted by atomic mass is 16.6. The molecule has 0 aliphatic heterocycles. The van der Waals surface area contributed by atoms with Gasteiger partial charge < -0.3 is 10.2 Å². The van der Waals surface area contributed by atoms with Crippen LogP contribution in [-0.4, -0.2) is 30.9 Å². The lowest BCUT2D eigenvalue weighted by Gasteiger charge is -2.12. The lowest BCUT2D eigenvalue weighted by molar-refractivity contribution is -0.384. The van der Waals surface area contributed by atoms with Gasteiger partial charge in [-0.3, -0.25) is 24.9 Å². The average molecular weight is 396 g/mol. The first-order valence-corrected chi connectivity index (χ1v) is 8.36. The minimum Gasteiger partial charge on any atom is -0.506 e. The molecule has 10 nitrogen and oxygen atoms in total. The van der Waals surface area contributed by atoms with Crippen LogP contribution in [0.4, 0.5) is 11.4 Å². The van der Waals surface area contributed by atoms with E-state index in [1.54, 1.807) is 25.1 Å². The van der Waals surface area contributed by atoms with Crippen molar-refractivity contribution in [3.05, 3.63) is 84.0 Å². The van der Waals surface area contributed by atoms with Crippen LogP contribution in [0.2, 0.25) is 0 Å². The van der Waals surface area contributed by atoms with Crippen LogP contribution in [-0.2, 0) is 0 Å². The Kier molecular flexibility index (Phi) is 5.01. The summed E-state index contributed by atoms with van der Waals surface area (Å²) in [5.74, 6) is -1.01. The van der Waals surface area contributed by atoms with Gasteiger partial charge in [-0.15, -0.1) is 0 Å². The Morgan fingerprint density at radius 1 is 1.14 bits per heavy atom. The van der Waals surface area contributed by atoms with E-state index in [-0.39, 0.29) is 22.7 Å². The summed E-state index contributed by atoms with van der Waals surface area (Å²) < 4.78 is 0.921. The first-order chi connectivity index (χ1) is 13.7. The summed E-state index contributed by atoms with van der Waals surface area (Å²) in [4.78, 5) is 40.6. The minimum atomic E-state index is -0.901. The highest BCUT2D eigenvalue weighted by molar-refractivity contribution is 5.85. The number of hydrogen-bond acceptors (Lipinski definition) is 7. The van der Waals surface area contributed by atoms with Crippen molar-refractivity contribution in [1.29, 1.82) is 0 Å². The number of H-pyrrole nitrogens is 1. The van der Waals surface area contributed by atoms with Gasteiger partial charge in [-0.2, -0.15) is 0 Å². The number of nitro groups is 1. The van der Waals surface area contributed by atoms with Gasteiger partial charge in [0.05, 0.1) is 10.6 Å². The number of aryl methyl sites for hydroxylation is 2. The fourth-order valence-electron chi connectivity index (χ4n) is 2.80. The Hall–Kier alpha value is -4.21. The van der Waals surface area contributed by atoms with Crippen molar-refractivity contribution in [1.82, 2.24) is 9.55 Å². The maximum atomic E-state index is 12.3. The molecule has 0 radical (unpaired) electrons. The number of nitrogens with zero attached hydrogens (tertiary/aromatic N) is 3. The molecular weight excluding hydrogens is 380 g/mol. The molecule has 0 spiro atoms. The van der Waals surface area contributed by atoms with Crippen LogP contribution < -0.4 is 11.2 Å². The largest absolute Gasteiger partial charge is 0.506 e. The molecule has 0 atom stereocenters. The van der Waals surface area contributed by atoms with E-state index >= 15 is 0 Å². The monoisotopic (exact) mass is 396 g/mol. The van der Waals surface area contributed by atoms with E-state index in [1.807, 2.05) is 6.92 Å². The van der Waals surface area contributed by atoms with Crippen LogP contribution in [0.5, 0.6) is 11.6 Å². The molecule has 29 heavy (non-hydrogen) atoms. The van der Waals surface area contributed by atoms with Crippen LogP contribution in [0.1, 0.15) is 16.7 Å². The number of non-ortho nitro benzene ring substituents is 1. The summed E-state index contributed by atoms with van der Waals surface area (Å²) in [7, 11) is 0. The summed E-state index contributed by atoms with van der Waals surface area (Å²) in [5, 5.41) is 31.3. The highest BCUT2D eigenvalue weighted by Crippen LogP contribution is 2.30. The van der Waals surface area contributed by atoms with Crippen LogP contribution in [0.25, 0.3) is 5.69 Å². The van der Waals surface area contributed by atoms with Crippen LogP contribution in [0, 0.1) is 24.0 Å². The molecular formula is C19H16N4O6. The van der Waals surface area contributed by atoms with Gasteiger partial charge in [0.15, 0.2) is 0 Å². The zero-order valence-corrected chi connectivity index (χ0v) is 15.4. The van der Waals surface area contributed by atoms with Gasteiger partial charge in [0.1, 0.15) is 17.0 Å². The lowest BCUT2D eigenvalue weighted by atomic mass is 10.1. The van der Waals surface area contributed by atoms with Gasteiger partial charge in [0, 0.05) is 18.3 Å². The van der Waals surface area contributed by atoms with Crippen molar-refractivity contribution in [2.45, 2.75) is 13.8 Å². The summed E-state index contributed by atoms with van der Waals surface area (Å²) in [6.45, 7) is 3.62. The van der Waals surface area contributed by atoms with E-state index in [9.17, 15) is 29.9 Å². The van der Waals surface area contributed by atoms with Crippen LogP contribution in [0.15, 0.2) is 51.0 Å². The number of hydrogen-bond donors (Lipinski definition) is 3. The second-order valence-electron chi connectivity index (χ2n) is 6.31. The minimum absolute atomic E-state index is 0.178. The molecule has 3 aromatic rings. The molecule has 0 aliphatic carbocycles. The first-order valence-electron chi connectivity index (χ1n) is 8.36. The molecule has 0 bridgehead atoms. The Morgan fingerprint density at radius 2 is 1.86 bits per heavy atom. The summed E-state index contributed by atoms with van der Waals surface area (Å²) in [6, 6.07) is 8.37. The highest BCUT2D eigenvalue weighted by Gasteiger charge is 2.16. The number of nitro benzene ring substituents is 1. The van der Waals surface area contributed by atoms with E-state index in [4.69, 9.17) is 0 Å². The second-order valence-corrected chi connectivity index (χ2v) is 6.31. The van der Waals surface area contributed by atoms with Gasteiger partial charge in [-0.1, -0.05) is 17.7 Å². The molecule has 148 valence electrons. The molecule has 0 unspecified atom stereocenters. The number of aromatic nitrogens is 2. The number of rotatable bonds is 4. The first kappa shape index (κ1) is 19.5. The van der Waals surface area contributed by atoms with Crippen molar-refractivity contribution in [3.63, 3.8) is 0 Å². The molecule has 1 heterocycles. The van der Waals surface area contributed by atoms with Gasteiger partial charge >= 0.3 is 5.69 Å². The fraction of sp³-hybridized carbons (Fsp3) is 0.105. The third-order valence-electron chi connectivity index (χ3n) is 4.22. The SMILES string of the molecule is Cc1ccc(-n2c(O)c(C=Nc3cc([N+](=O)[O-])ccc3O)c(=O)[nH]c2=O)c(C)c1. The van der Waals surface area contributed by atoms with Crippen molar-refractivity contribution in [2.24, 2.45) is 4.99 Å². The van der Waals surface area contributed by atoms with Crippen LogP contribution >= 0.6 is 0 Å². The Bertz CT molecular complexity index is 1270.